The molecule has 34 heavy (non-hydrogen) atoms. The predicted octanol–water partition coefficient (Wildman–Crippen LogP) is 4.44. The van der Waals surface area contributed by atoms with Crippen molar-refractivity contribution >= 4 is 46.0 Å². The van der Waals surface area contributed by atoms with Gasteiger partial charge in [0.2, 0.25) is 11.9 Å². The van der Waals surface area contributed by atoms with E-state index >= 15 is 0 Å². The molecular formula is C24H24ClN7O2. The molecule has 174 valence electrons. The third-order valence-electron chi connectivity index (χ3n) is 5.85. The predicted molar refractivity (Wildman–Crippen MR) is 131 cm³/mol. The number of halogens is 1. The number of carbonyl (C=O) groups excluding carboxylic acids is 1. The van der Waals surface area contributed by atoms with Crippen LogP contribution in [0, 0.1) is 12.8 Å². The van der Waals surface area contributed by atoms with Crippen LogP contribution in [-0.2, 0) is 11.3 Å². The van der Waals surface area contributed by atoms with Crippen molar-refractivity contribution in [2.75, 3.05) is 28.6 Å². The van der Waals surface area contributed by atoms with Crippen molar-refractivity contribution in [2.24, 2.45) is 5.92 Å². The Morgan fingerprint density at radius 2 is 2.15 bits per heavy atom. The summed E-state index contributed by atoms with van der Waals surface area (Å²) in [5, 5.41) is 11.5. The molecule has 1 saturated heterocycles. The second-order valence-corrected chi connectivity index (χ2v) is 8.71. The first-order valence-electron chi connectivity index (χ1n) is 11.1. The number of anilines is 3. The fourth-order valence-corrected chi connectivity index (χ4v) is 4.34. The van der Waals surface area contributed by atoms with Crippen molar-refractivity contribution < 1.29 is 9.32 Å². The SMILES string of the molecule is Cc1cc(NC(=O)C2CCCN(c3nccc4nc(NCc5ccccc5Cl)ncc34)C2)no1. The minimum absolute atomic E-state index is 0.0689. The van der Waals surface area contributed by atoms with Crippen LogP contribution in [0.5, 0.6) is 0 Å². The van der Waals surface area contributed by atoms with Crippen LogP contribution in [0.15, 0.2) is 53.3 Å². The Bertz CT molecular complexity index is 1330. The Morgan fingerprint density at radius 1 is 1.26 bits per heavy atom. The smallest absolute Gasteiger partial charge is 0.230 e. The molecule has 1 aromatic carbocycles. The Kier molecular flexibility index (Phi) is 6.27. The number of aromatic nitrogens is 4. The molecular weight excluding hydrogens is 454 g/mol. The number of nitrogens with one attached hydrogen (secondary N) is 2. The first-order valence-corrected chi connectivity index (χ1v) is 11.5. The van der Waals surface area contributed by atoms with Gasteiger partial charge in [0.1, 0.15) is 11.6 Å². The third-order valence-corrected chi connectivity index (χ3v) is 6.22. The van der Waals surface area contributed by atoms with Gasteiger partial charge in [-0.15, -0.1) is 0 Å². The van der Waals surface area contributed by atoms with Gasteiger partial charge in [-0.05, 0) is 37.5 Å². The molecule has 4 heterocycles. The summed E-state index contributed by atoms with van der Waals surface area (Å²) < 4.78 is 5.04. The van der Waals surface area contributed by atoms with Gasteiger partial charge in [-0.25, -0.2) is 15.0 Å². The molecule has 1 aliphatic rings. The van der Waals surface area contributed by atoms with E-state index in [1.165, 1.54) is 0 Å². The van der Waals surface area contributed by atoms with Gasteiger partial charge in [0.25, 0.3) is 0 Å². The number of rotatable bonds is 6. The average molecular weight is 478 g/mol. The molecule has 0 saturated carbocycles. The van der Waals surface area contributed by atoms with Gasteiger partial charge in [-0.2, -0.15) is 0 Å². The second kappa shape index (κ2) is 9.64. The lowest BCUT2D eigenvalue weighted by Crippen LogP contribution is -2.41. The molecule has 0 aliphatic carbocycles. The van der Waals surface area contributed by atoms with Gasteiger partial charge in [-0.1, -0.05) is 35.0 Å². The summed E-state index contributed by atoms with van der Waals surface area (Å²) >= 11 is 6.24. The molecule has 1 aliphatic heterocycles. The van der Waals surface area contributed by atoms with Crippen LogP contribution in [0.25, 0.3) is 10.9 Å². The number of hydrogen-bond donors (Lipinski definition) is 2. The summed E-state index contributed by atoms with van der Waals surface area (Å²) in [5.41, 5.74) is 1.76. The van der Waals surface area contributed by atoms with E-state index < -0.39 is 0 Å². The minimum Gasteiger partial charge on any atom is -0.360 e. The maximum Gasteiger partial charge on any atom is 0.230 e. The van der Waals surface area contributed by atoms with E-state index in [0.29, 0.717) is 35.6 Å². The molecule has 0 bridgehead atoms. The number of benzene rings is 1. The number of piperidine rings is 1. The fraction of sp³-hybridized carbons (Fsp3) is 0.292. The van der Waals surface area contributed by atoms with Crippen LogP contribution in [0.2, 0.25) is 5.02 Å². The number of amides is 1. The van der Waals surface area contributed by atoms with Crippen LogP contribution in [-0.4, -0.2) is 39.1 Å². The van der Waals surface area contributed by atoms with Gasteiger partial charge in [0.15, 0.2) is 5.82 Å². The maximum absolute atomic E-state index is 12.8. The highest BCUT2D eigenvalue weighted by molar-refractivity contribution is 6.31. The maximum atomic E-state index is 12.8. The largest absolute Gasteiger partial charge is 0.360 e. The molecule has 0 radical (unpaired) electrons. The van der Waals surface area contributed by atoms with Gasteiger partial charge in [0.05, 0.1) is 16.8 Å². The van der Waals surface area contributed by atoms with E-state index in [4.69, 9.17) is 16.1 Å². The topological polar surface area (TPSA) is 109 Å². The first-order chi connectivity index (χ1) is 16.6. The summed E-state index contributed by atoms with van der Waals surface area (Å²) in [6.45, 7) is 3.68. The normalized spacial score (nSPS) is 15.9. The van der Waals surface area contributed by atoms with Crippen LogP contribution in [0.4, 0.5) is 17.6 Å². The zero-order valence-corrected chi connectivity index (χ0v) is 19.4. The van der Waals surface area contributed by atoms with E-state index in [-0.39, 0.29) is 11.8 Å². The minimum atomic E-state index is -0.180. The monoisotopic (exact) mass is 477 g/mol. The summed E-state index contributed by atoms with van der Waals surface area (Å²) in [6.07, 6.45) is 5.20. The van der Waals surface area contributed by atoms with Gasteiger partial charge >= 0.3 is 0 Å². The molecule has 3 aromatic heterocycles. The van der Waals surface area contributed by atoms with Crippen LogP contribution < -0.4 is 15.5 Å². The van der Waals surface area contributed by atoms with Crippen LogP contribution in [0.3, 0.4) is 0 Å². The zero-order valence-electron chi connectivity index (χ0n) is 18.7. The van der Waals surface area contributed by atoms with Crippen molar-refractivity contribution in [1.29, 1.82) is 0 Å². The van der Waals surface area contributed by atoms with Crippen LogP contribution in [0.1, 0.15) is 24.2 Å². The lowest BCUT2D eigenvalue weighted by molar-refractivity contribution is -0.120. The molecule has 1 unspecified atom stereocenters. The summed E-state index contributed by atoms with van der Waals surface area (Å²) in [6, 6.07) is 11.2. The van der Waals surface area contributed by atoms with Crippen molar-refractivity contribution in [3.63, 3.8) is 0 Å². The van der Waals surface area contributed by atoms with E-state index in [1.54, 1.807) is 25.4 Å². The molecule has 0 spiro atoms. The fourth-order valence-electron chi connectivity index (χ4n) is 4.13. The van der Waals surface area contributed by atoms with Gasteiger partial charge in [-0.3, -0.25) is 4.79 Å². The molecule has 10 heteroatoms. The standard InChI is InChI=1S/C24H24ClN7O2/c1-15-11-21(31-34-15)30-23(33)17-6-4-10-32(14-17)22-18-13-28-24(29-20(18)8-9-26-22)27-12-16-5-2-3-7-19(16)25/h2-3,5,7-9,11,13,17H,4,6,10,12,14H2,1H3,(H,27,28,29)(H,30,31,33). The van der Waals surface area contributed by atoms with E-state index in [0.717, 1.165) is 41.7 Å². The first kappa shape index (κ1) is 22.1. The average Bonchev–Trinajstić information content (AvgIpc) is 3.27. The Balaban J connectivity index is 1.31. The number of nitrogens with zero attached hydrogens (tertiary/aromatic N) is 5. The summed E-state index contributed by atoms with van der Waals surface area (Å²) in [7, 11) is 0. The van der Waals surface area contributed by atoms with Gasteiger partial charge < -0.3 is 20.1 Å². The van der Waals surface area contributed by atoms with Crippen LogP contribution >= 0.6 is 11.6 Å². The van der Waals surface area contributed by atoms with E-state index in [2.05, 4.69) is 35.6 Å². The molecule has 2 N–H and O–H groups in total. The highest BCUT2D eigenvalue weighted by Gasteiger charge is 2.28. The molecule has 1 amide bonds. The molecule has 1 fully saturated rings. The number of pyridine rings is 1. The highest BCUT2D eigenvalue weighted by atomic mass is 35.5. The number of fused-ring (bicyclic) bond motifs is 1. The van der Waals surface area contributed by atoms with Crippen molar-refractivity contribution in [3.05, 3.63) is 65.1 Å². The summed E-state index contributed by atoms with van der Waals surface area (Å²) in [5.74, 6) is 2.14. The second-order valence-electron chi connectivity index (χ2n) is 8.30. The van der Waals surface area contributed by atoms with Crippen molar-refractivity contribution in [2.45, 2.75) is 26.3 Å². The number of aryl methyl sites for hydroxylation is 1. The van der Waals surface area contributed by atoms with Gasteiger partial charge in [0, 0.05) is 43.1 Å². The molecule has 5 rings (SSSR count). The van der Waals surface area contributed by atoms with Crippen molar-refractivity contribution in [3.8, 4) is 0 Å². The quantitative estimate of drug-likeness (QED) is 0.419. The Labute approximate surface area is 201 Å². The number of hydrogen-bond acceptors (Lipinski definition) is 8. The van der Waals surface area contributed by atoms with E-state index in [1.807, 2.05) is 30.3 Å². The third kappa shape index (κ3) is 4.79. The zero-order chi connectivity index (χ0) is 23.5. The highest BCUT2D eigenvalue weighted by Crippen LogP contribution is 2.28. The molecule has 9 nitrogen and oxygen atoms in total. The lowest BCUT2D eigenvalue weighted by atomic mass is 9.97. The Morgan fingerprint density at radius 3 is 2.97 bits per heavy atom. The Hall–Kier alpha value is -3.72. The molecule has 4 aromatic rings. The summed E-state index contributed by atoms with van der Waals surface area (Å²) in [4.78, 5) is 28.7. The van der Waals surface area contributed by atoms with Crippen molar-refractivity contribution in [1.82, 2.24) is 20.1 Å². The lowest BCUT2D eigenvalue weighted by Gasteiger charge is -2.33. The molecule has 1 atom stereocenters. The number of carbonyl (C=O) groups is 1. The van der Waals surface area contributed by atoms with E-state index in [9.17, 15) is 4.79 Å².